The van der Waals surface area contributed by atoms with Gasteiger partial charge in [0, 0.05) is 33.4 Å². The van der Waals surface area contributed by atoms with E-state index >= 15 is 0 Å². The third-order valence-corrected chi connectivity index (χ3v) is 5.66. The van der Waals surface area contributed by atoms with Gasteiger partial charge in [-0.05, 0) is 55.5 Å². The summed E-state index contributed by atoms with van der Waals surface area (Å²) >= 11 is 7.18. The summed E-state index contributed by atoms with van der Waals surface area (Å²) < 4.78 is 6.79. The zero-order chi connectivity index (χ0) is 22.0. The number of benzene rings is 2. The minimum absolute atomic E-state index is 0.115. The van der Waals surface area contributed by atoms with Crippen molar-refractivity contribution in [2.45, 2.75) is 13.5 Å². The second-order valence-electron chi connectivity index (χ2n) is 6.70. The van der Waals surface area contributed by atoms with Gasteiger partial charge in [0.25, 0.3) is 11.5 Å². The van der Waals surface area contributed by atoms with Crippen molar-refractivity contribution in [3.05, 3.63) is 97.9 Å². The number of aromatic nitrogens is 2. The van der Waals surface area contributed by atoms with Gasteiger partial charge in [-0.15, -0.1) is 11.3 Å². The molecule has 2 aromatic heterocycles. The zero-order valence-corrected chi connectivity index (χ0v) is 17.9. The van der Waals surface area contributed by atoms with Crippen molar-refractivity contribution < 1.29 is 14.3 Å². The number of anilines is 1. The molecule has 2 heterocycles. The summed E-state index contributed by atoms with van der Waals surface area (Å²) in [6.07, 6.45) is 0. The van der Waals surface area contributed by atoms with E-state index in [2.05, 4.69) is 10.3 Å². The van der Waals surface area contributed by atoms with E-state index in [1.807, 2.05) is 12.3 Å². The number of carbonyl (C=O) groups excluding carboxylic acids is 2. The highest BCUT2D eigenvalue weighted by Gasteiger charge is 2.12. The van der Waals surface area contributed by atoms with E-state index in [-0.39, 0.29) is 18.1 Å². The molecule has 4 aromatic rings. The third-order valence-electron chi connectivity index (χ3n) is 4.46. The van der Waals surface area contributed by atoms with Crippen molar-refractivity contribution in [3.8, 4) is 0 Å². The number of fused-ring (bicyclic) bond motifs is 1. The minimum Gasteiger partial charge on any atom is -0.456 e. The van der Waals surface area contributed by atoms with Gasteiger partial charge in [0.2, 0.25) is 0 Å². The van der Waals surface area contributed by atoms with E-state index in [0.29, 0.717) is 32.5 Å². The molecule has 0 spiro atoms. The highest BCUT2D eigenvalue weighted by atomic mass is 35.5. The Labute approximate surface area is 185 Å². The molecule has 156 valence electrons. The first-order chi connectivity index (χ1) is 14.9. The summed E-state index contributed by atoms with van der Waals surface area (Å²) in [6, 6.07) is 14.2. The first kappa shape index (κ1) is 20.8. The first-order valence-electron chi connectivity index (χ1n) is 9.21. The molecule has 1 N–H and O–H groups in total. The predicted octanol–water partition coefficient (Wildman–Crippen LogP) is 4.33. The van der Waals surface area contributed by atoms with Crippen molar-refractivity contribution in [2.75, 3.05) is 5.32 Å². The van der Waals surface area contributed by atoms with Crippen LogP contribution in [-0.2, 0) is 11.3 Å². The average Bonchev–Trinajstić information content (AvgIpc) is 3.14. The summed E-state index contributed by atoms with van der Waals surface area (Å²) in [6.45, 7) is 1.71. The van der Waals surface area contributed by atoms with Crippen LogP contribution in [0.2, 0.25) is 5.02 Å². The Kier molecular flexibility index (Phi) is 5.83. The number of rotatable bonds is 5. The molecular weight excluding hydrogens is 438 g/mol. The van der Waals surface area contributed by atoms with Gasteiger partial charge in [-0.25, -0.2) is 9.78 Å². The fourth-order valence-electron chi connectivity index (χ4n) is 2.89. The van der Waals surface area contributed by atoms with E-state index < -0.39 is 5.97 Å². The molecule has 0 radical (unpaired) electrons. The van der Waals surface area contributed by atoms with Gasteiger partial charge >= 0.3 is 5.97 Å². The number of nitrogens with zero attached hydrogens (tertiary/aromatic N) is 2. The fourth-order valence-corrected chi connectivity index (χ4v) is 3.91. The second-order valence-corrected chi connectivity index (χ2v) is 7.97. The molecule has 0 aliphatic heterocycles. The number of halogens is 1. The van der Waals surface area contributed by atoms with Crippen LogP contribution in [0.3, 0.4) is 0 Å². The molecule has 9 heteroatoms. The van der Waals surface area contributed by atoms with Gasteiger partial charge in [-0.2, -0.15) is 0 Å². The average molecular weight is 454 g/mol. The number of thiazole rings is 1. The lowest BCUT2D eigenvalue weighted by Crippen LogP contribution is -2.16. The lowest BCUT2D eigenvalue weighted by Gasteiger charge is -2.07. The number of ether oxygens (including phenoxy) is 1. The van der Waals surface area contributed by atoms with Gasteiger partial charge in [0.05, 0.1) is 11.3 Å². The Bertz CT molecular complexity index is 1330. The van der Waals surface area contributed by atoms with Crippen LogP contribution in [0.5, 0.6) is 0 Å². The number of amides is 1. The second kappa shape index (κ2) is 8.71. The molecular formula is C22H16ClN3O4S. The monoisotopic (exact) mass is 453 g/mol. The number of aryl methyl sites for hydroxylation is 1. The van der Waals surface area contributed by atoms with Crippen LogP contribution in [0.15, 0.2) is 64.8 Å². The van der Waals surface area contributed by atoms with Crippen molar-refractivity contribution in [1.29, 1.82) is 0 Å². The molecule has 0 unspecified atom stereocenters. The van der Waals surface area contributed by atoms with Crippen LogP contribution in [0.1, 0.15) is 32.1 Å². The normalized spacial score (nSPS) is 10.8. The largest absolute Gasteiger partial charge is 0.456 e. The molecule has 0 atom stereocenters. The van der Waals surface area contributed by atoms with Gasteiger partial charge in [0.1, 0.15) is 6.61 Å². The topological polar surface area (TPSA) is 89.8 Å². The lowest BCUT2D eigenvalue weighted by atomic mass is 10.2. The Morgan fingerprint density at radius 1 is 1.10 bits per heavy atom. The summed E-state index contributed by atoms with van der Waals surface area (Å²) in [5, 5.41) is 5.13. The fraction of sp³-hybridized carbons (Fsp3) is 0.0909. The highest BCUT2D eigenvalue weighted by Crippen LogP contribution is 2.15. The molecule has 0 saturated heterocycles. The number of nitrogens with one attached hydrogen (secondary N) is 1. The predicted molar refractivity (Wildman–Crippen MR) is 119 cm³/mol. The maximum Gasteiger partial charge on any atom is 0.338 e. The summed E-state index contributed by atoms with van der Waals surface area (Å²) in [5.74, 6) is -0.844. The van der Waals surface area contributed by atoms with Crippen LogP contribution < -0.4 is 10.9 Å². The van der Waals surface area contributed by atoms with E-state index in [9.17, 15) is 14.4 Å². The molecule has 2 aromatic carbocycles. The number of hydrogen-bond donors (Lipinski definition) is 1. The number of esters is 1. The summed E-state index contributed by atoms with van der Waals surface area (Å²) in [5.41, 5.74) is 2.29. The van der Waals surface area contributed by atoms with Gasteiger partial charge in [0.15, 0.2) is 4.96 Å². The molecule has 0 bridgehead atoms. The SMILES string of the molecule is Cc1csc2nc(COC(=O)c3ccc(NC(=O)c4ccc(Cl)cc4)cc3)cc(=O)n12. The molecule has 7 nitrogen and oxygen atoms in total. The molecule has 0 saturated carbocycles. The van der Waals surface area contributed by atoms with E-state index in [0.717, 1.165) is 5.69 Å². The van der Waals surface area contributed by atoms with E-state index in [1.54, 1.807) is 48.5 Å². The van der Waals surface area contributed by atoms with Crippen LogP contribution in [0, 0.1) is 6.92 Å². The summed E-state index contributed by atoms with van der Waals surface area (Å²) in [7, 11) is 0. The number of carbonyl (C=O) groups is 2. The maximum absolute atomic E-state index is 12.3. The maximum atomic E-state index is 12.3. The Hall–Kier alpha value is -3.49. The van der Waals surface area contributed by atoms with Crippen LogP contribution in [0.25, 0.3) is 4.96 Å². The third kappa shape index (κ3) is 4.65. The highest BCUT2D eigenvalue weighted by molar-refractivity contribution is 7.15. The quantitative estimate of drug-likeness (QED) is 0.454. The van der Waals surface area contributed by atoms with Crippen LogP contribution in [-0.4, -0.2) is 21.3 Å². The molecule has 4 rings (SSSR count). The van der Waals surface area contributed by atoms with Crippen LogP contribution in [0.4, 0.5) is 5.69 Å². The molecule has 31 heavy (non-hydrogen) atoms. The lowest BCUT2D eigenvalue weighted by molar-refractivity contribution is 0.0467. The Balaban J connectivity index is 1.38. The Morgan fingerprint density at radius 2 is 1.77 bits per heavy atom. The van der Waals surface area contributed by atoms with Crippen molar-refractivity contribution >= 4 is 45.5 Å². The van der Waals surface area contributed by atoms with Gasteiger partial charge in [-0.3, -0.25) is 14.0 Å². The van der Waals surface area contributed by atoms with Crippen molar-refractivity contribution in [3.63, 3.8) is 0 Å². The molecule has 1 amide bonds. The number of hydrogen-bond acceptors (Lipinski definition) is 6. The van der Waals surface area contributed by atoms with Crippen LogP contribution >= 0.6 is 22.9 Å². The minimum atomic E-state index is -0.556. The standard InChI is InChI=1S/C22H16ClN3O4S/c1-13-12-31-22-25-18(10-19(27)26(13)22)11-30-21(29)15-4-8-17(9-5-15)24-20(28)14-2-6-16(23)7-3-14/h2-10,12H,11H2,1H3,(H,24,28). The Morgan fingerprint density at radius 3 is 2.48 bits per heavy atom. The first-order valence-corrected chi connectivity index (χ1v) is 10.5. The molecule has 0 fully saturated rings. The molecule has 0 aliphatic rings. The zero-order valence-electron chi connectivity index (χ0n) is 16.3. The van der Waals surface area contributed by atoms with E-state index in [1.165, 1.54) is 21.8 Å². The van der Waals surface area contributed by atoms with E-state index in [4.69, 9.17) is 16.3 Å². The van der Waals surface area contributed by atoms with Gasteiger partial charge in [-0.1, -0.05) is 11.6 Å². The smallest absolute Gasteiger partial charge is 0.338 e. The van der Waals surface area contributed by atoms with Crippen molar-refractivity contribution in [2.24, 2.45) is 0 Å². The summed E-state index contributed by atoms with van der Waals surface area (Å²) in [4.78, 5) is 41.7. The van der Waals surface area contributed by atoms with Gasteiger partial charge < -0.3 is 10.1 Å². The van der Waals surface area contributed by atoms with Crippen molar-refractivity contribution in [1.82, 2.24) is 9.38 Å². The molecule has 0 aliphatic carbocycles.